The molecule has 1 amide bonds. The number of nitrogens with two attached hydrogens (primary N) is 1. The van der Waals surface area contributed by atoms with Crippen LogP contribution in [0, 0.1) is 0 Å². The highest BCUT2D eigenvalue weighted by Crippen LogP contribution is 2.20. The molecule has 6 heteroatoms. The van der Waals surface area contributed by atoms with Gasteiger partial charge in [-0.15, -0.1) is 0 Å². The number of rotatable bonds is 3. The molecule has 0 aromatic heterocycles. The van der Waals surface area contributed by atoms with Crippen molar-refractivity contribution < 1.29 is 9.53 Å². The summed E-state index contributed by atoms with van der Waals surface area (Å²) in [4.78, 5) is 18.8. The fourth-order valence-electron chi connectivity index (χ4n) is 3.01. The number of nitrogens with zero attached hydrogens (tertiary/aromatic N) is 3. The number of ether oxygens (including phenoxy) is 1. The first kappa shape index (κ1) is 15.7. The van der Waals surface area contributed by atoms with E-state index in [1.807, 2.05) is 4.90 Å². The maximum Gasteiger partial charge on any atom is 0.236 e. The molecule has 2 heterocycles. The number of amides is 1. The molecule has 0 spiro atoms. The molecule has 2 saturated heterocycles. The van der Waals surface area contributed by atoms with Crippen molar-refractivity contribution in [3.8, 4) is 0 Å². The van der Waals surface area contributed by atoms with E-state index in [0.29, 0.717) is 13.1 Å². The topological polar surface area (TPSA) is 62.0 Å². The third kappa shape index (κ3) is 4.15. The highest BCUT2D eigenvalue weighted by atomic mass is 16.5. The minimum Gasteiger partial charge on any atom is -0.368 e. The third-order valence-electron chi connectivity index (χ3n) is 4.03. The van der Waals surface area contributed by atoms with Crippen molar-refractivity contribution in [2.75, 3.05) is 59.4 Å². The Hall–Kier alpha value is -0.690. The monoisotopic (exact) mass is 284 g/mol. The quantitative estimate of drug-likeness (QED) is 0.735. The summed E-state index contributed by atoms with van der Waals surface area (Å²) in [5, 5.41) is 0. The second-order valence-corrected chi connectivity index (χ2v) is 6.59. The average Bonchev–Trinajstić information content (AvgIpc) is 2.37. The van der Waals surface area contributed by atoms with E-state index in [1.54, 1.807) is 0 Å². The predicted octanol–water partition coefficient (Wildman–Crippen LogP) is -0.801. The van der Waals surface area contributed by atoms with Crippen molar-refractivity contribution in [2.24, 2.45) is 5.73 Å². The van der Waals surface area contributed by atoms with Gasteiger partial charge in [-0.05, 0) is 20.9 Å². The fraction of sp³-hybridized carbons (Fsp3) is 0.929. The van der Waals surface area contributed by atoms with Crippen LogP contribution in [0.4, 0.5) is 0 Å². The zero-order valence-electron chi connectivity index (χ0n) is 13.0. The first-order chi connectivity index (χ1) is 9.39. The Kier molecular flexibility index (Phi) is 5.01. The highest BCUT2D eigenvalue weighted by Gasteiger charge is 2.34. The van der Waals surface area contributed by atoms with Gasteiger partial charge in [-0.3, -0.25) is 9.69 Å². The van der Waals surface area contributed by atoms with E-state index in [-0.39, 0.29) is 17.6 Å². The molecule has 6 nitrogen and oxygen atoms in total. The number of hydrogen-bond donors (Lipinski definition) is 1. The van der Waals surface area contributed by atoms with Crippen LogP contribution in [0.5, 0.6) is 0 Å². The molecule has 2 rings (SSSR count). The standard InChI is InChI=1S/C14H28N4O2/c1-14(2)11-17(9-12(8-15)20-14)10-13(19)18-6-4-16(3)5-7-18/h12H,4-11,15H2,1-3H3. The molecule has 0 aromatic rings. The Labute approximate surface area is 121 Å². The van der Waals surface area contributed by atoms with Crippen LogP contribution < -0.4 is 5.73 Å². The minimum absolute atomic E-state index is 0.0269. The summed E-state index contributed by atoms with van der Waals surface area (Å²) in [7, 11) is 2.10. The maximum absolute atomic E-state index is 12.4. The van der Waals surface area contributed by atoms with Gasteiger partial charge in [0.15, 0.2) is 0 Å². The van der Waals surface area contributed by atoms with E-state index >= 15 is 0 Å². The summed E-state index contributed by atoms with van der Waals surface area (Å²) < 4.78 is 5.90. The van der Waals surface area contributed by atoms with E-state index in [1.165, 1.54) is 0 Å². The molecule has 116 valence electrons. The van der Waals surface area contributed by atoms with E-state index < -0.39 is 0 Å². The van der Waals surface area contributed by atoms with Gasteiger partial charge in [-0.2, -0.15) is 0 Å². The molecule has 2 N–H and O–H groups in total. The number of hydrogen-bond acceptors (Lipinski definition) is 5. The summed E-state index contributed by atoms with van der Waals surface area (Å²) in [6, 6.07) is 0. The molecule has 20 heavy (non-hydrogen) atoms. The van der Waals surface area contributed by atoms with Crippen LogP contribution in [0.3, 0.4) is 0 Å². The number of morpholine rings is 1. The van der Waals surface area contributed by atoms with Crippen molar-refractivity contribution in [1.82, 2.24) is 14.7 Å². The van der Waals surface area contributed by atoms with Crippen molar-refractivity contribution in [3.63, 3.8) is 0 Å². The van der Waals surface area contributed by atoms with Crippen LogP contribution in [0.15, 0.2) is 0 Å². The molecule has 0 bridgehead atoms. The first-order valence-corrected chi connectivity index (χ1v) is 7.46. The van der Waals surface area contributed by atoms with Crippen LogP contribution in [0.25, 0.3) is 0 Å². The first-order valence-electron chi connectivity index (χ1n) is 7.46. The average molecular weight is 284 g/mol. The Morgan fingerprint density at radius 1 is 1.30 bits per heavy atom. The smallest absolute Gasteiger partial charge is 0.236 e. The van der Waals surface area contributed by atoms with Gasteiger partial charge in [-0.25, -0.2) is 0 Å². The Morgan fingerprint density at radius 2 is 1.95 bits per heavy atom. The van der Waals surface area contributed by atoms with Gasteiger partial charge < -0.3 is 20.3 Å². The molecule has 2 aliphatic heterocycles. The largest absolute Gasteiger partial charge is 0.368 e. The lowest BCUT2D eigenvalue weighted by atomic mass is 10.1. The van der Waals surface area contributed by atoms with Gasteiger partial charge in [0, 0.05) is 45.8 Å². The number of carbonyl (C=O) groups is 1. The second-order valence-electron chi connectivity index (χ2n) is 6.59. The van der Waals surface area contributed by atoms with Crippen LogP contribution in [0.2, 0.25) is 0 Å². The van der Waals surface area contributed by atoms with Gasteiger partial charge in [0.2, 0.25) is 5.91 Å². The lowest BCUT2D eigenvalue weighted by molar-refractivity contribution is -0.147. The molecular weight excluding hydrogens is 256 g/mol. The Morgan fingerprint density at radius 3 is 2.55 bits per heavy atom. The molecule has 1 unspecified atom stereocenters. The van der Waals surface area contributed by atoms with Crippen LogP contribution in [0.1, 0.15) is 13.8 Å². The van der Waals surface area contributed by atoms with Crippen molar-refractivity contribution in [1.29, 1.82) is 0 Å². The van der Waals surface area contributed by atoms with Crippen molar-refractivity contribution in [2.45, 2.75) is 25.6 Å². The lowest BCUT2D eigenvalue weighted by Gasteiger charge is -2.43. The van der Waals surface area contributed by atoms with Crippen LogP contribution >= 0.6 is 0 Å². The summed E-state index contributed by atoms with van der Waals surface area (Å²) in [6.45, 7) is 10.2. The van der Waals surface area contributed by atoms with Gasteiger partial charge in [0.1, 0.15) is 0 Å². The fourth-order valence-corrected chi connectivity index (χ4v) is 3.01. The second kappa shape index (κ2) is 6.39. The third-order valence-corrected chi connectivity index (χ3v) is 4.03. The van der Waals surface area contributed by atoms with E-state index in [0.717, 1.165) is 39.3 Å². The maximum atomic E-state index is 12.4. The van der Waals surface area contributed by atoms with Crippen molar-refractivity contribution in [3.05, 3.63) is 0 Å². The minimum atomic E-state index is -0.231. The summed E-state index contributed by atoms with van der Waals surface area (Å²) in [5.41, 5.74) is 5.49. The van der Waals surface area contributed by atoms with Gasteiger partial charge in [-0.1, -0.05) is 0 Å². The number of carbonyl (C=O) groups excluding carboxylic acids is 1. The summed E-state index contributed by atoms with van der Waals surface area (Å²) in [5.74, 6) is 0.228. The molecule has 0 aromatic carbocycles. The number of piperazine rings is 1. The highest BCUT2D eigenvalue weighted by molar-refractivity contribution is 5.78. The van der Waals surface area contributed by atoms with Crippen molar-refractivity contribution >= 4 is 5.91 Å². The van der Waals surface area contributed by atoms with Crippen LogP contribution in [-0.4, -0.2) is 91.7 Å². The zero-order chi connectivity index (χ0) is 14.8. The summed E-state index contributed by atoms with van der Waals surface area (Å²) in [6.07, 6.45) is 0.0269. The number of likely N-dealkylation sites (N-methyl/N-ethyl adjacent to an activating group) is 1. The SMILES string of the molecule is CN1CCN(C(=O)CN2CC(CN)OC(C)(C)C2)CC1. The Bertz CT molecular complexity index is 340. The van der Waals surface area contributed by atoms with E-state index in [2.05, 4.69) is 30.7 Å². The predicted molar refractivity (Wildman–Crippen MR) is 78.5 cm³/mol. The molecule has 0 radical (unpaired) electrons. The van der Waals surface area contributed by atoms with E-state index in [4.69, 9.17) is 10.5 Å². The summed E-state index contributed by atoms with van der Waals surface area (Å²) >= 11 is 0. The van der Waals surface area contributed by atoms with Gasteiger partial charge in [0.25, 0.3) is 0 Å². The molecule has 2 aliphatic rings. The normalized spacial score (nSPS) is 28.6. The van der Waals surface area contributed by atoms with Gasteiger partial charge in [0.05, 0.1) is 18.2 Å². The van der Waals surface area contributed by atoms with Gasteiger partial charge >= 0.3 is 0 Å². The molecule has 0 saturated carbocycles. The Balaban J connectivity index is 1.87. The lowest BCUT2D eigenvalue weighted by Crippen LogP contribution is -2.57. The van der Waals surface area contributed by atoms with Crippen LogP contribution in [-0.2, 0) is 9.53 Å². The van der Waals surface area contributed by atoms with E-state index in [9.17, 15) is 4.79 Å². The molecule has 0 aliphatic carbocycles. The zero-order valence-corrected chi connectivity index (χ0v) is 13.0. The molecule has 2 fully saturated rings. The molecular formula is C14H28N4O2. The molecule has 1 atom stereocenters.